The molecule has 0 spiro atoms. The molecule has 1 aromatic carbocycles. The summed E-state index contributed by atoms with van der Waals surface area (Å²) < 4.78 is 12.8. The predicted molar refractivity (Wildman–Crippen MR) is 52.7 cm³/mol. The molecule has 0 aliphatic rings. The number of hydrogen-bond donors (Lipinski definition) is 1. The first kappa shape index (κ1) is 9.58. The summed E-state index contributed by atoms with van der Waals surface area (Å²) in [6, 6.07) is 4.20. The largest absolute Gasteiger partial charge is 0.308 e. The van der Waals surface area contributed by atoms with Gasteiger partial charge < -0.3 is 5.41 Å². The van der Waals surface area contributed by atoms with E-state index in [2.05, 4.69) is 4.99 Å². The van der Waals surface area contributed by atoms with E-state index in [1.807, 2.05) is 6.92 Å². The lowest BCUT2D eigenvalue weighted by Gasteiger charge is -1.98. The monoisotopic (exact) mass is 178 g/mol. The van der Waals surface area contributed by atoms with Crippen molar-refractivity contribution >= 4 is 18.1 Å². The van der Waals surface area contributed by atoms with Gasteiger partial charge >= 0.3 is 0 Å². The molecule has 0 fully saturated rings. The molecule has 0 heterocycles. The highest BCUT2D eigenvalue weighted by Crippen LogP contribution is 2.18. The Bertz CT molecular complexity index is 332. The van der Waals surface area contributed by atoms with Gasteiger partial charge in [-0.15, -0.1) is 0 Å². The second kappa shape index (κ2) is 4.50. The minimum atomic E-state index is -0.325. The van der Waals surface area contributed by atoms with Crippen molar-refractivity contribution in [1.82, 2.24) is 0 Å². The molecule has 1 aromatic rings. The summed E-state index contributed by atoms with van der Waals surface area (Å²) in [6.07, 6.45) is 3.66. The van der Waals surface area contributed by atoms with Crippen molar-refractivity contribution in [3.05, 3.63) is 29.6 Å². The van der Waals surface area contributed by atoms with Crippen LogP contribution in [0.2, 0.25) is 0 Å². The van der Waals surface area contributed by atoms with E-state index in [9.17, 15) is 4.39 Å². The lowest BCUT2D eigenvalue weighted by Crippen LogP contribution is -1.83. The molecule has 0 saturated carbocycles. The van der Waals surface area contributed by atoms with E-state index in [-0.39, 0.29) is 5.82 Å². The van der Waals surface area contributed by atoms with Crippen LogP contribution in [0.5, 0.6) is 0 Å². The fraction of sp³-hybridized carbons (Fsp3) is 0.200. The molecule has 3 heteroatoms. The van der Waals surface area contributed by atoms with Crippen LogP contribution in [0.4, 0.5) is 10.1 Å². The average Bonchev–Trinajstić information content (AvgIpc) is 2.15. The van der Waals surface area contributed by atoms with Gasteiger partial charge in [-0.3, -0.25) is 4.99 Å². The molecule has 0 unspecified atom stereocenters. The predicted octanol–water partition coefficient (Wildman–Crippen LogP) is 2.94. The van der Waals surface area contributed by atoms with Crippen LogP contribution in [0.25, 0.3) is 0 Å². The van der Waals surface area contributed by atoms with Gasteiger partial charge in [0.15, 0.2) is 0 Å². The van der Waals surface area contributed by atoms with Gasteiger partial charge in [-0.25, -0.2) is 4.39 Å². The van der Waals surface area contributed by atoms with Crippen LogP contribution in [-0.4, -0.2) is 12.4 Å². The van der Waals surface area contributed by atoms with Crippen LogP contribution in [0.15, 0.2) is 23.2 Å². The number of rotatable bonds is 3. The molecule has 1 rings (SSSR count). The molecule has 0 amide bonds. The summed E-state index contributed by atoms with van der Waals surface area (Å²) in [5, 5.41) is 7.07. The normalized spacial score (nSPS) is 10.6. The second-order valence-electron chi connectivity index (χ2n) is 2.57. The Balaban J connectivity index is 3.08. The summed E-state index contributed by atoms with van der Waals surface area (Å²) in [5.74, 6) is -0.325. The molecule has 0 atom stereocenters. The van der Waals surface area contributed by atoms with E-state index >= 15 is 0 Å². The molecule has 0 aliphatic carbocycles. The van der Waals surface area contributed by atoms with Crippen molar-refractivity contribution in [2.75, 3.05) is 0 Å². The molecule has 68 valence electrons. The smallest absolute Gasteiger partial charge is 0.125 e. The average molecular weight is 178 g/mol. The topological polar surface area (TPSA) is 36.2 Å². The number of hydrogen-bond acceptors (Lipinski definition) is 2. The van der Waals surface area contributed by atoms with Crippen molar-refractivity contribution in [2.45, 2.75) is 13.3 Å². The molecule has 0 bridgehead atoms. The first-order valence-electron chi connectivity index (χ1n) is 4.10. The number of halogens is 1. The van der Waals surface area contributed by atoms with E-state index in [1.54, 1.807) is 12.3 Å². The van der Waals surface area contributed by atoms with Crippen LogP contribution in [-0.2, 0) is 0 Å². The highest BCUT2D eigenvalue weighted by Gasteiger charge is 1.98. The number of nitrogens with zero attached hydrogens (tertiary/aromatic N) is 1. The van der Waals surface area contributed by atoms with Gasteiger partial charge in [0, 0.05) is 24.1 Å². The summed E-state index contributed by atoms with van der Waals surface area (Å²) in [4.78, 5) is 4.04. The number of nitrogens with one attached hydrogen (secondary N) is 1. The van der Waals surface area contributed by atoms with Gasteiger partial charge in [0.2, 0.25) is 0 Å². The molecule has 0 radical (unpaired) electrons. The van der Waals surface area contributed by atoms with Crippen LogP contribution in [0.3, 0.4) is 0 Å². The zero-order chi connectivity index (χ0) is 9.68. The molecule has 13 heavy (non-hydrogen) atoms. The third kappa shape index (κ3) is 2.47. The van der Waals surface area contributed by atoms with Crippen LogP contribution in [0, 0.1) is 11.2 Å². The molecular formula is C10H11FN2. The fourth-order valence-corrected chi connectivity index (χ4v) is 0.940. The van der Waals surface area contributed by atoms with E-state index in [0.717, 1.165) is 6.42 Å². The van der Waals surface area contributed by atoms with Crippen molar-refractivity contribution in [3.63, 3.8) is 0 Å². The van der Waals surface area contributed by atoms with Crippen molar-refractivity contribution in [1.29, 1.82) is 5.41 Å². The Kier molecular flexibility index (Phi) is 3.31. The minimum Gasteiger partial charge on any atom is -0.308 e. The Morgan fingerprint density at radius 3 is 2.92 bits per heavy atom. The zero-order valence-electron chi connectivity index (χ0n) is 7.42. The SMILES string of the molecule is CC/C=N\c1cc(F)ccc1C=N. The van der Waals surface area contributed by atoms with Gasteiger partial charge in [-0.2, -0.15) is 0 Å². The summed E-state index contributed by atoms with van der Waals surface area (Å²) in [6.45, 7) is 1.95. The van der Waals surface area contributed by atoms with Gasteiger partial charge in [0.25, 0.3) is 0 Å². The molecule has 1 N–H and O–H groups in total. The van der Waals surface area contributed by atoms with Crippen LogP contribution in [0.1, 0.15) is 18.9 Å². The lowest BCUT2D eigenvalue weighted by molar-refractivity contribution is 0.628. The first-order valence-corrected chi connectivity index (χ1v) is 4.10. The van der Waals surface area contributed by atoms with Crippen molar-refractivity contribution in [2.24, 2.45) is 4.99 Å². The molecule has 2 nitrogen and oxygen atoms in total. The Hall–Kier alpha value is -1.51. The Morgan fingerprint density at radius 2 is 2.31 bits per heavy atom. The van der Waals surface area contributed by atoms with Gasteiger partial charge in [0.05, 0.1) is 5.69 Å². The highest BCUT2D eigenvalue weighted by atomic mass is 19.1. The highest BCUT2D eigenvalue weighted by molar-refractivity contribution is 5.85. The third-order valence-electron chi connectivity index (χ3n) is 1.56. The fourth-order valence-electron chi connectivity index (χ4n) is 0.940. The summed E-state index contributed by atoms with van der Waals surface area (Å²) in [5.41, 5.74) is 1.14. The standard InChI is InChI=1S/C10H11FN2/c1-2-5-13-10-6-9(11)4-3-8(10)7-12/h3-7,12H,2H2,1H3/b12-7?,13-5-. The quantitative estimate of drug-likeness (QED) is 0.691. The van der Waals surface area contributed by atoms with E-state index < -0.39 is 0 Å². The third-order valence-corrected chi connectivity index (χ3v) is 1.56. The molecular weight excluding hydrogens is 167 g/mol. The van der Waals surface area contributed by atoms with Gasteiger partial charge in [-0.1, -0.05) is 6.92 Å². The number of benzene rings is 1. The molecule has 0 aliphatic heterocycles. The van der Waals surface area contributed by atoms with Crippen LogP contribution < -0.4 is 0 Å². The summed E-state index contributed by atoms with van der Waals surface area (Å²) in [7, 11) is 0. The Labute approximate surface area is 76.6 Å². The van der Waals surface area contributed by atoms with Crippen molar-refractivity contribution in [3.8, 4) is 0 Å². The van der Waals surface area contributed by atoms with Crippen molar-refractivity contribution < 1.29 is 4.39 Å². The maximum atomic E-state index is 12.8. The van der Waals surface area contributed by atoms with E-state index in [1.165, 1.54) is 18.3 Å². The molecule has 0 saturated heterocycles. The van der Waals surface area contributed by atoms with E-state index in [4.69, 9.17) is 5.41 Å². The van der Waals surface area contributed by atoms with Gasteiger partial charge in [0.1, 0.15) is 5.82 Å². The first-order chi connectivity index (χ1) is 6.27. The molecule has 0 aromatic heterocycles. The maximum Gasteiger partial charge on any atom is 0.125 e. The second-order valence-corrected chi connectivity index (χ2v) is 2.57. The van der Waals surface area contributed by atoms with Crippen LogP contribution >= 0.6 is 0 Å². The zero-order valence-corrected chi connectivity index (χ0v) is 7.42. The Morgan fingerprint density at radius 1 is 1.54 bits per heavy atom. The maximum absolute atomic E-state index is 12.8. The summed E-state index contributed by atoms with van der Waals surface area (Å²) >= 11 is 0. The minimum absolute atomic E-state index is 0.325. The lowest BCUT2D eigenvalue weighted by atomic mass is 10.2. The van der Waals surface area contributed by atoms with E-state index in [0.29, 0.717) is 11.3 Å². The number of aliphatic imine (C=N–C) groups is 1. The van der Waals surface area contributed by atoms with Gasteiger partial charge in [-0.05, 0) is 18.6 Å².